The Balaban J connectivity index is 3.32. The molecule has 0 bridgehead atoms. The van der Waals surface area contributed by atoms with Crippen molar-refractivity contribution in [2.45, 2.75) is 44.7 Å². The number of unbranched alkanes of at least 4 members (excludes halogenated alkanes) is 3. The molecule has 0 aromatic heterocycles. The second kappa shape index (κ2) is 8.38. The third-order valence-electron chi connectivity index (χ3n) is 2.09. The van der Waals surface area contributed by atoms with Crippen LogP contribution in [0.3, 0.4) is 0 Å². The zero-order valence-corrected chi connectivity index (χ0v) is 9.28. The van der Waals surface area contributed by atoms with Crippen molar-refractivity contribution in [2.24, 2.45) is 5.73 Å². The van der Waals surface area contributed by atoms with E-state index in [1.165, 1.54) is 0 Å². The average molecular weight is 240 g/mol. The fraction of sp³-hybridized carbons (Fsp3) is 0.900. The number of hydrogen-bond acceptors (Lipinski definition) is 2. The van der Waals surface area contributed by atoms with E-state index in [9.17, 15) is 18.0 Å². The molecule has 0 saturated carbocycles. The molecular formula is C10H19F3N2O. The molecule has 0 aliphatic heterocycles. The Bertz CT molecular complexity index is 195. The highest BCUT2D eigenvalue weighted by atomic mass is 19.4. The number of halogens is 3. The van der Waals surface area contributed by atoms with Crippen LogP contribution in [0, 0.1) is 0 Å². The topological polar surface area (TPSA) is 55.1 Å². The second-order valence-corrected chi connectivity index (χ2v) is 3.67. The zero-order chi connectivity index (χ0) is 12.4. The van der Waals surface area contributed by atoms with Crippen LogP contribution in [-0.4, -0.2) is 25.2 Å². The number of hydrogen-bond donors (Lipinski definition) is 2. The lowest BCUT2D eigenvalue weighted by Crippen LogP contribution is -2.27. The maximum absolute atomic E-state index is 11.7. The number of alkyl halides is 3. The van der Waals surface area contributed by atoms with Crippen LogP contribution in [-0.2, 0) is 4.79 Å². The fourth-order valence-electron chi connectivity index (χ4n) is 1.22. The standard InChI is InChI=1S/C10H19F3N2O/c11-10(12,13)6-8-15-9(16)5-3-1-2-4-7-14/h1-8,14H2,(H,15,16). The van der Waals surface area contributed by atoms with Crippen molar-refractivity contribution in [1.29, 1.82) is 0 Å². The summed E-state index contributed by atoms with van der Waals surface area (Å²) in [6, 6.07) is 0. The highest BCUT2D eigenvalue weighted by Crippen LogP contribution is 2.18. The monoisotopic (exact) mass is 240 g/mol. The van der Waals surface area contributed by atoms with Gasteiger partial charge in [-0.1, -0.05) is 12.8 Å². The van der Waals surface area contributed by atoms with E-state index in [0.29, 0.717) is 19.4 Å². The lowest BCUT2D eigenvalue weighted by atomic mass is 10.1. The van der Waals surface area contributed by atoms with Crippen molar-refractivity contribution in [3.63, 3.8) is 0 Å². The van der Waals surface area contributed by atoms with Crippen LogP contribution in [0.15, 0.2) is 0 Å². The number of amides is 1. The van der Waals surface area contributed by atoms with Crippen LogP contribution < -0.4 is 11.1 Å². The van der Waals surface area contributed by atoms with Crippen molar-refractivity contribution in [3.8, 4) is 0 Å². The molecule has 3 N–H and O–H groups in total. The summed E-state index contributed by atoms with van der Waals surface area (Å²) in [5.41, 5.74) is 5.29. The van der Waals surface area contributed by atoms with Crippen LogP contribution in [0.25, 0.3) is 0 Å². The molecule has 96 valence electrons. The van der Waals surface area contributed by atoms with E-state index in [4.69, 9.17) is 5.73 Å². The van der Waals surface area contributed by atoms with E-state index >= 15 is 0 Å². The van der Waals surface area contributed by atoms with Crippen LogP contribution in [0.4, 0.5) is 13.2 Å². The first-order valence-electron chi connectivity index (χ1n) is 5.49. The first-order chi connectivity index (χ1) is 7.45. The third-order valence-corrected chi connectivity index (χ3v) is 2.09. The minimum absolute atomic E-state index is 0.294. The van der Waals surface area contributed by atoms with Gasteiger partial charge in [0.05, 0.1) is 6.42 Å². The molecule has 0 heterocycles. The summed E-state index contributed by atoms with van der Waals surface area (Å²) in [4.78, 5) is 11.1. The quantitative estimate of drug-likeness (QED) is 0.637. The van der Waals surface area contributed by atoms with E-state index in [-0.39, 0.29) is 12.5 Å². The maximum atomic E-state index is 11.7. The van der Waals surface area contributed by atoms with Gasteiger partial charge in [0.1, 0.15) is 0 Å². The molecule has 0 spiro atoms. The van der Waals surface area contributed by atoms with Crippen LogP contribution in [0.1, 0.15) is 38.5 Å². The van der Waals surface area contributed by atoms with E-state index in [1.807, 2.05) is 0 Å². The van der Waals surface area contributed by atoms with E-state index < -0.39 is 12.6 Å². The Hall–Kier alpha value is -0.780. The van der Waals surface area contributed by atoms with Gasteiger partial charge in [-0.3, -0.25) is 4.79 Å². The van der Waals surface area contributed by atoms with E-state index in [2.05, 4.69) is 5.32 Å². The molecule has 0 fully saturated rings. The molecular weight excluding hydrogens is 221 g/mol. The van der Waals surface area contributed by atoms with Gasteiger partial charge in [0.2, 0.25) is 5.91 Å². The van der Waals surface area contributed by atoms with Crippen molar-refractivity contribution in [1.82, 2.24) is 5.32 Å². The number of nitrogens with two attached hydrogens (primary N) is 1. The minimum atomic E-state index is -4.20. The van der Waals surface area contributed by atoms with E-state index in [0.717, 1.165) is 19.3 Å². The first-order valence-corrected chi connectivity index (χ1v) is 5.49. The molecule has 3 nitrogen and oxygen atoms in total. The van der Waals surface area contributed by atoms with Gasteiger partial charge in [0.25, 0.3) is 0 Å². The molecule has 0 unspecified atom stereocenters. The Kier molecular flexibility index (Phi) is 7.97. The Morgan fingerprint density at radius 1 is 1.12 bits per heavy atom. The molecule has 0 rings (SSSR count). The molecule has 16 heavy (non-hydrogen) atoms. The van der Waals surface area contributed by atoms with Gasteiger partial charge in [-0.05, 0) is 19.4 Å². The smallest absolute Gasteiger partial charge is 0.356 e. The van der Waals surface area contributed by atoms with Gasteiger partial charge >= 0.3 is 6.18 Å². The predicted molar refractivity (Wildman–Crippen MR) is 55.8 cm³/mol. The molecule has 0 aliphatic rings. The van der Waals surface area contributed by atoms with Gasteiger partial charge in [-0.15, -0.1) is 0 Å². The molecule has 1 amide bonds. The first kappa shape index (κ1) is 15.2. The molecule has 0 aromatic rings. The molecule has 0 aromatic carbocycles. The van der Waals surface area contributed by atoms with Crippen molar-refractivity contribution in [2.75, 3.05) is 13.1 Å². The van der Waals surface area contributed by atoms with Gasteiger partial charge < -0.3 is 11.1 Å². The molecule has 0 saturated heterocycles. The predicted octanol–water partition coefficient (Wildman–Crippen LogP) is 1.96. The van der Waals surface area contributed by atoms with E-state index in [1.54, 1.807) is 0 Å². The fourth-order valence-corrected chi connectivity index (χ4v) is 1.22. The normalized spacial score (nSPS) is 11.5. The van der Waals surface area contributed by atoms with Gasteiger partial charge in [-0.25, -0.2) is 0 Å². The second-order valence-electron chi connectivity index (χ2n) is 3.67. The lowest BCUT2D eigenvalue weighted by molar-refractivity contribution is -0.135. The summed E-state index contributed by atoms with van der Waals surface area (Å²) < 4.78 is 35.2. The molecule has 6 heteroatoms. The summed E-state index contributed by atoms with van der Waals surface area (Å²) in [5.74, 6) is -0.308. The summed E-state index contributed by atoms with van der Waals surface area (Å²) in [7, 11) is 0. The van der Waals surface area contributed by atoms with Crippen molar-refractivity contribution < 1.29 is 18.0 Å². The number of carbonyl (C=O) groups is 1. The number of nitrogens with one attached hydrogen (secondary N) is 1. The van der Waals surface area contributed by atoms with Crippen LogP contribution >= 0.6 is 0 Å². The highest BCUT2D eigenvalue weighted by molar-refractivity contribution is 5.75. The Labute approximate surface area is 93.6 Å². The lowest BCUT2D eigenvalue weighted by Gasteiger charge is -2.07. The average Bonchev–Trinajstić information content (AvgIpc) is 2.15. The summed E-state index contributed by atoms with van der Waals surface area (Å²) in [6.07, 6.45) is -1.38. The summed E-state index contributed by atoms with van der Waals surface area (Å²) in [5, 5.41) is 2.25. The summed E-state index contributed by atoms with van der Waals surface area (Å²) >= 11 is 0. The number of carbonyl (C=O) groups excluding carboxylic acids is 1. The molecule has 0 aliphatic carbocycles. The minimum Gasteiger partial charge on any atom is -0.356 e. The zero-order valence-electron chi connectivity index (χ0n) is 9.28. The maximum Gasteiger partial charge on any atom is 0.390 e. The van der Waals surface area contributed by atoms with Crippen molar-refractivity contribution >= 4 is 5.91 Å². The Morgan fingerprint density at radius 2 is 1.75 bits per heavy atom. The highest BCUT2D eigenvalue weighted by Gasteiger charge is 2.26. The SMILES string of the molecule is NCCCCCCC(=O)NCCC(F)(F)F. The number of rotatable bonds is 8. The molecule has 0 atom stereocenters. The van der Waals surface area contributed by atoms with Crippen LogP contribution in [0.2, 0.25) is 0 Å². The summed E-state index contributed by atoms with van der Waals surface area (Å²) in [6.45, 7) is 0.308. The Morgan fingerprint density at radius 3 is 2.31 bits per heavy atom. The van der Waals surface area contributed by atoms with Crippen molar-refractivity contribution in [3.05, 3.63) is 0 Å². The van der Waals surface area contributed by atoms with Gasteiger partial charge in [0, 0.05) is 13.0 Å². The van der Waals surface area contributed by atoms with Gasteiger partial charge in [0.15, 0.2) is 0 Å². The largest absolute Gasteiger partial charge is 0.390 e. The van der Waals surface area contributed by atoms with Crippen LogP contribution in [0.5, 0.6) is 0 Å². The van der Waals surface area contributed by atoms with Gasteiger partial charge in [-0.2, -0.15) is 13.2 Å². The third kappa shape index (κ3) is 11.3. The molecule has 0 radical (unpaired) electrons.